The number of fused-ring (bicyclic) bond motifs is 1. The molecule has 8 heteroatoms. The van der Waals surface area contributed by atoms with Crippen LogP contribution in [0.1, 0.15) is 47.6 Å². The Morgan fingerprint density at radius 3 is 2.36 bits per heavy atom. The van der Waals surface area contributed by atoms with E-state index in [4.69, 9.17) is 4.74 Å². The Balaban J connectivity index is 1.27. The van der Waals surface area contributed by atoms with Crippen LogP contribution in [-0.4, -0.2) is 65.1 Å². The third kappa shape index (κ3) is 7.97. The minimum absolute atomic E-state index is 0.0768. The van der Waals surface area contributed by atoms with Crippen molar-refractivity contribution < 1.29 is 24.5 Å². The number of urea groups is 1. The number of rotatable bonds is 12. The van der Waals surface area contributed by atoms with Crippen molar-refractivity contribution in [3.63, 3.8) is 0 Å². The average molecular weight is 572 g/mol. The highest BCUT2D eigenvalue weighted by molar-refractivity contribution is 5.80. The van der Waals surface area contributed by atoms with E-state index in [9.17, 15) is 19.8 Å². The van der Waals surface area contributed by atoms with Crippen molar-refractivity contribution in [3.05, 3.63) is 107 Å². The summed E-state index contributed by atoms with van der Waals surface area (Å²) in [6.45, 7) is 1.50. The van der Waals surface area contributed by atoms with Crippen LogP contribution in [0, 0.1) is 5.92 Å². The minimum Gasteiger partial charge on any atom is -0.391 e. The van der Waals surface area contributed by atoms with Gasteiger partial charge in [0.2, 0.25) is 5.91 Å². The summed E-state index contributed by atoms with van der Waals surface area (Å²) in [5, 5.41) is 28.1. The summed E-state index contributed by atoms with van der Waals surface area (Å²) in [5.41, 5.74) is 3.92. The number of ether oxygens (including phenoxy) is 1. The molecule has 5 atom stereocenters. The average Bonchev–Trinajstić information content (AvgIpc) is 3.63. The van der Waals surface area contributed by atoms with Crippen molar-refractivity contribution >= 4 is 11.9 Å². The molecule has 2 aliphatic rings. The van der Waals surface area contributed by atoms with Gasteiger partial charge in [0.1, 0.15) is 0 Å². The topological polar surface area (TPSA) is 111 Å². The highest BCUT2D eigenvalue weighted by Gasteiger charge is 2.34. The predicted octanol–water partition coefficient (Wildman–Crippen LogP) is 3.76. The Bertz CT molecular complexity index is 1300. The van der Waals surface area contributed by atoms with Gasteiger partial charge in [-0.2, -0.15) is 0 Å². The van der Waals surface area contributed by atoms with Gasteiger partial charge in [0, 0.05) is 38.6 Å². The fourth-order valence-electron chi connectivity index (χ4n) is 6.02. The largest absolute Gasteiger partial charge is 0.391 e. The van der Waals surface area contributed by atoms with E-state index in [1.165, 1.54) is 0 Å². The quantitative estimate of drug-likeness (QED) is 0.265. The first-order valence-corrected chi connectivity index (χ1v) is 14.9. The van der Waals surface area contributed by atoms with E-state index < -0.39 is 24.2 Å². The summed E-state index contributed by atoms with van der Waals surface area (Å²) < 4.78 is 5.80. The molecule has 5 rings (SSSR count). The third-order valence-electron chi connectivity index (χ3n) is 8.21. The van der Waals surface area contributed by atoms with Crippen molar-refractivity contribution in [3.8, 4) is 0 Å². The molecule has 3 aromatic carbocycles. The highest BCUT2D eigenvalue weighted by atomic mass is 16.5. The number of nitrogens with zero attached hydrogens (tertiary/aromatic N) is 1. The number of aliphatic hydroxyl groups is 2. The molecule has 4 N–H and O–H groups in total. The molecular formula is C34H41N3O5. The second kappa shape index (κ2) is 14.4. The van der Waals surface area contributed by atoms with Gasteiger partial charge in [0.05, 0.1) is 24.4 Å². The number of aliphatic hydroxyl groups excluding tert-OH is 2. The maximum atomic E-state index is 13.7. The Morgan fingerprint density at radius 1 is 0.952 bits per heavy atom. The third-order valence-corrected chi connectivity index (χ3v) is 8.21. The molecule has 3 aromatic rings. The molecule has 2 unspecified atom stereocenters. The molecule has 1 aliphatic heterocycles. The molecule has 0 bridgehead atoms. The summed E-state index contributed by atoms with van der Waals surface area (Å²) in [6, 6.07) is 26.4. The van der Waals surface area contributed by atoms with Gasteiger partial charge in [0.25, 0.3) is 0 Å². The van der Waals surface area contributed by atoms with Gasteiger partial charge in [-0.3, -0.25) is 4.79 Å². The zero-order valence-electron chi connectivity index (χ0n) is 23.9. The second-order valence-corrected chi connectivity index (χ2v) is 11.4. The van der Waals surface area contributed by atoms with Crippen molar-refractivity contribution in [1.82, 2.24) is 15.5 Å². The van der Waals surface area contributed by atoms with Gasteiger partial charge < -0.3 is 30.5 Å². The molecule has 42 heavy (non-hydrogen) atoms. The van der Waals surface area contributed by atoms with E-state index in [1.54, 1.807) is 4.90 Å². The van der Waals surface area contributed by atoms with Crippen LogP contribution in [0.25, 0.3) is 0 Å². The van der Waals surface area contributed by atoms with Crippen LogP contribution in [0.4, 0.5) is 4.79 Å². The van der Waals surface area contributed by atoms with Gasteiger partial charge in [-0.05, 0) is 47.9 Å². The van der Waals surface area contributed by atoms with Crippen molar-refractivity contribution in [2.75, 3.05) is 19.7 Å². The molecule has 0 radical (unpaired) electrons. The van der Waals surface area contributed by atoms with Crippen molar-refractivity contribution in [1.29, 1.82) is 0 Å². The molecule has 1 aliphatic carbocycles. The molecule has 3 amide bonds. The van der Waals surface area contributed by atoms with Crippen LogP contribution in [0.2, 0.25) is 0 Å². The maximum Gasteiger partial charge on any atom is 0.317 e. The lowest BCUT2D eigenvalue weighted by Gasteiger charge is -2.30. The molecule has 0 spiro atoms. The number of benzene rings is 3. The van der Waals surface area contributed by atoms with E-state index in [-0.39, 0.29) is 31.0 Å². The number of amides is 3. The SMILES string of the molecule is O=C(NC1c2ccccc2C[C@H]1O)[C@H](Cc1ccccc1)C[C@H](O)CN(CC1CCCO1)C(=O)NCc1ccccc1. The first-order valence-electron chi connectivity index (χ1n) is 14.9. The van der Waals surface area contributed by atoms with E-state index in [1.807, 2.05) is 84.9 Å². The molecule has 1 saturated heterocycles. The predicted molar refractivity (Wildman–Crippen MR) is 161 cm³/mol. The van der Waals surface area contributed by atoms with E-state index >= 15 is 0 Å². The summed E-state index contributed by atoms with van der Waals surface area (Å²) >= 11 is 0. The van der Waals surface area contributed by atoms with Gasteiger partial charge in [0.15, 0.2) is 0 Å². The molecule has 0 saturated carbocycles. The van der Waals surface area contributed by atoms with Crippen molar-refractivity contribution in [2.45, 2.75) is 63.0 Å². The Labute approximate surface area is 247 Å². The van der Waals surface area contributed by atoms with Crippen LogP contribution in [0.15, 0.2) is 84.9 Å². The van der Waals surface area contributed by atoms with E-state index in [0.717, 1.165) is 35.1 Å². The van der Waals surface area contributed by atoms with Gasteiger partial charge in [-0.25, -0.2) is 4.79 Å². The van der Waals surface area contributed by atoms with E-state index in [2.05, 4.69) is 10.6 Å². The zero-order chi connectivity index (χ0) is 29.3. The molecule has 1 heterocycles. The highest BCUT2D eigenvalue weighted by Crippen LogP contribution is 2.32. The number of nitrogens with one attached hydrogen (secondary N) is 2. The molecule has 0 aromatic heterocycles. The summed E-state index contributed by atoms with van der Waals surface area (Å²) in [7, 11) is 0. The summed E-state index contributed by atoms with van der Waals surface area (Å²) in [5.74, 6) is -0.780. The number of hydrogen-bond acceptors (Lipinski definition) is 5. The second-order valence-electron chi connectivity index (χ2n) is 11.4. The first-order chi connectivity index (χ1) is 20.5. The van der Waals surface area contributed by atoms with Crippen LogP contribution >= 0.6 is 0 Å². The fourth-order valence-corrected chi connectivity index (χ4v) is 6.02. The lowest BCUT2D eigenvalue weighted by Crippen LogP contribution is -2.47. The lowest BCUT2D eigenvalue weighted by atomic mass is 9.92. The standard InChI is InChI=1S/C34H41N3O5/c38-28(22-37(23-29-15-9-17-42-29)34(41)35-21-25-12-5-2-6-13-25)19-27(18-24-10-3-1-4-11-24)33(40)36-32-30-16-8-7-14-26(30)20-31(32)39/h1-8,10-14,16,27-29,31-32,38-39H,9,15,17-23H2,(H,35,41)(H,36,40)/t27-,28+,29?,31-,32?/m1/s1. The smallest absolute Gasteiger partial charge is 0.317 e. The Morgan fingerprint density at radius 2 is 1.64 bits per heavy atom. The van der Waals surface area contributed by atoms with Gasteiger partial charge in [-0.1, -0.05) is 84.9 Å². The maximum absolute atomic E-state index is 13.7. The molecular weight excluding hydrogens is 530 g/mol. The fraction of sp³-hybridized carbons (Fsp3) is 0.412. The van der Waals surface area contributed by atoms with Gasteiger partial charge in [-0.15, -0.1) is 0 Å². The van der Waals surface area contributed by atoms with Gasteiger partial charge >= 0.3 is 6.03 Å². The number of carbonyl (C=O) groups is 2. The van der Waals surface area contributed by atoms with Crippen LogP contribution in [-0.2, 0) is 28.9 Å². The zero-order valence-corrected chi connectivity index (χ0v) is 23.9. The summed E-state index contributed by atoms with van der Waals surface area (Å²) in [4.78, 5) is 28.6. The Hall–Kier alpha value is -3.72. The first kappa shape index (κ1) is 29.8. The summed E-state index contributed by atoms with van der Waals surface area (Å²) in [6.07, 6.45) is 1.18. The normalized spacial score (nSPS) is 20.9. The lowest BCUT2D eigenvalue weighted by molar-refractivity contribution is -0.127. The molecule has 222 valence electrons. The monoisotopic (exact) mass is 571 g/mol. The Kier molecular flexibility index (Phi) is 10.2. The van der Waals surface area contributed by atoms with Crippen molar-refractivity contribution in [2.24, 2.45) is 5.92 Å². The minimum atomic E-state index is -0.936. The number of hydrogen-bond donors (Lipinski definition) is 4. The van der Waals surface area contributed by atoms with Crippen LogP contribution in [0.3, 0.4) is 0 Å². The van der Waals surface area contributed by atoms with E-state index in [0.29, 0.717) is 32.5 Å². The molecule has 1 fully saturated rings. The number of carbonyl (C=O) groups excluding carboxylic acids is 2. The van der Waals surface area contributed by atoms with Crippen LogP contribution < -0.4 is 10.6 Å². The molecule has 8 nitrogen and oxygen atoms in total. The van der Waals surface area contributed by atoms with Crippen LogP contribution in [0.5, 0.6) is 0 Å².